The molecule has 1 atom stereocenters. The molecule has 0 radical (unpaired) electrons. The van der Waals surface area contributed by atoms with Gasteiger partial charge in [0.15, 0.2) is 5.78 Å². The summed E-state index contributed by atoms with van der Waals surface area (Å²) in [6.07, 6.45) is -0.359. The minimum atomic E-state index is -0.570. The molecule has 112 valence electrons. The molecule has 1 aromatic rings. The van der Waals surface area contributed by atoms with Gasteiger partial charge < -0.3 is 14.8 Å². The van der Waals surface area contributed by atoms with Gasteiger partial charge in [-0.2, -0.15) is 11.3 Å². The van der Waals surface area contributed by atoms with Gasteiger partial charge in [-0.05, 0) is 32.2 Å². The van der Waals surface area contributed by atoms with E-state index < -0.39 is 17.7 Å². The van der Waals surface area contributed by atoms with E-state index in [2.05, 4.69) is 5.32 Å². The molecule has 1 N–H and O–H groups in total. The van der Waals surface area contributed by atoms with Gasteiger partial charge in [0.05, 0.1) is 12.6 Å². The average molecular weight is 299 g/mol. The summed E-state index contributed by atoms with van der Waals surface area (Å²) < 4.78 is 10.2. The molecule has 0 bridgehead atoms. The number of methoxy groups -OCH3 is 1. The number of amides is 1. The van der Waals surface area contributed by atoms with Crippen LogP contribution in [0.3, 0.4) is 0 Å². The molecule has 0 aliphatic carbocycles. The van der Waals surface area contributed by atoms with Crippen molar-refractivity contribution in [3.05, 3.63) is 22.4 Å². The fraction of sp³-hybridized carbons (Fsp3) is 0.571. The van der Waals surface area contributed by atoms with Crippen molar-refractivity contribution in [1.29, 1.82) is 0 Å². The molecular formula is C14H21NO4S. The summed E-state index contributed by atoms with van der Waals surface area (Å²) in [6, 6.07) is 1.37. The van der Waals surface area contributed by atoms with Crippen molar-refractivity contribution < 1.29 is 19.1 Å². The van der Waals surface area contributed by atoms with E-state index in [0.29, 0.717) is 5.56 Å². The molecule has 1 unspecified atom stereocenters. The smallest absolute Gasteiger partial charge is 0.407 e. The molecule has 5 nitrogen and oxygen atoms in total. The third kappa shape index (κ3) is 6.16. The number of nitrogens with one attached hydrogen (secondary N) is 1. The lowest BCUT2D eigenvalue weighted by molar-refractivity contribution is 0.0464. The highest BCUT2D eigenvalue weighted by molar-refractivity contribution is 7.08. The molecule has 0 aliphatic heterocycles. The molecule has 1 amide bonds. The van der Waals surface area contributed by atoms with E-state index in [1.165, 1.54) is 18.4 Å². The minimum Gasteiger partial charge on any atom is -0.444 e. The van der Waals surface area contributed by atoms with E-state index in [1.807, 2.05) is 5.38 Å². The highest BCUT2D eigenvalue weighted by atomic mass is 32.1. The second kappa shape index (κ2) is 7.40. The normalized spacial score (nSPS) is 12.8. The van der Waals surface area contributed by atoms with Gasteiger partial charge in [0, 0.05) is 24.5 Å². The maximum atomic E-state index is 12.0. The molecule has 0 aromatic carbocycles. The first kappa shape index (κ1) is 16.7. The summed E-state index contributed by atoms with van der Waals surface area (Å²) in [5, 5.41) is 6.30. The topological polar surface area (TPSA) is 64.6 Å². The molecule has 0 fully saturated rings. The van der Waals surface area contributed by atoms with Crippen LogP contribution in [0.1, 0.15) is 37.6 Å². The van der Waals surface area contributed by atoms with Crippen molar-refractivity contribution in [2.45, 2.75) is 38.8 Å². The molecule has 0 aliphatic rings. The number of Topliss-reactive ketones (excluding diaryl/α,β-unsaturated/α-hetero) is 1. The first-order chi connectivity index (χ1) is 9.31. The summed E-state index contributed by atoms with van der Waals surface area (Å²) in [5.41, 5.74) is 0.0843. The van der Waals surface area contributed by atoms with Crippen molar-refractivity contribution >= 4 is 23.2 Å². The Morgan fingerprint density at radius 2 is 2.10 bits per heavy atom. The Kier molecular flexibility index (Phi) is 6.16. The van der Waals surface area contributed by atoms with Crippen molar-refractivity contribution in [3.8, 4) is 0 Å². The predicted octanol–water partition coefficient (Wildman–Crippen LogP) is 2.86. The largest absolute Gasteiger partial charge is 0.444 e. The molecule has 6 heteroatoms. The fourth-order valence-corrected chi connectivity index (χ4v) is 2.25. The van der Waals surface area contributed by atoms with Crippen molar-refractivity contribution in [1.82, 2.24) is 5.32 Å². The van der Waals surface area contributed by atoms with E-state index in [1.54, 1.807) is 32.2 Å². The standard InChI is InChI=1S/C14H21NO4S/c1-14(2,3)19-13(17)15-11(8-18-4)7-12(16)10-5-6-20-9-10/h5-6,9,11H,7-8H2,1-4H3,(H,15,17). The number of alkyl carbamates (subject to hydrolysis) is 1. The van der Waals surface area contributed by atoms with Gasteiger partial charge in [-0.25, -0.2) is 4.79 Å². The number of rotatable bonds is 6. The predicted molar refractivity (Wildman–Crippen MR) is 78.3 cm³/mol. The minimum absolute atomic E-state index is 0.0237. The summed E-state index contributed by atoms with van der Waals surface area (Å²) in [6.45, 7) is 5.62. The molecule has 1 heterocycles. The van der Waals surface area contributed by atoms with Crippen LogP contribution in [0.5, 0.6) is 0 Å². The molecule has 0 saturated carbocycles. The van der Waals surface area contributed by atoms with Crippen molar-refractivity contribution in [3.63, 3.8) is 0 Å². The molecule has 1 aromatic heterocycles. The monoisotopic (exact) mass is 299 g/mol. The Morgan fingerprint density at radius 1 is 1.40 bits per heavy atom. The summed E-state index contributed by atoms with van der Waals surface area (Å²) in [7, 11) is 1.53. The average Bonchev–Trinajstić information content (AvgIpc) is 2.79. The fourth-order valence-electron chi connectivity index (χ4n) is 1.59. The van der Waals surface area contributed by atoms with Gasteiger partial charge in [-0.1, -0.05) is 0 Å². The number of hydrogen-bond donors (Lipinski definition) is 1. The second-order valence-electron chi connectivity index (χ2n) is 5.44. The first-order valence-corrected chi connectivity index (χ1v) is 7.30. The quantitative estimate of drug-likeness (QED) is 0.820. The summed E-state index contributed by atoms with van der Waals surface area (Å²) >= 11 is 1.47. The maximum Gasteiger partial charge on any atom is 0.407 e. The van der Waals surface area contributed by atoms with Gasteiger partial charge in [0.25, 0.3) is 0 Å². The number of carbonyl (C=O) groups is 2. The van der Waals surface area contributed by atoms with Crippen LogP contribution in [0.15, 0.2) is 16.8 Å². The highest BCUT2D eigenvalue weighted by Gasteiger charge is 2.21. The lowest BCUT2D eigenvalue weighted by Gasteiger charge is -2.23. The zero-order chi connectivity index (χ0) is 15.2. The molecule has 1 rings (SSSR count). The van der Waals surface area contributed by atoms with Crippen LogP contribution >= 0.6 is 11.3 Å². The highest BCUT2D eigenvalue weighted by Crippen LogP contribution is 2.11. The Morgan fingerprint density at radius 3 is 2.60 bits per heavy atom. The van der Waals surface area contributed by atoms with Gasteiger partial charge >= 0.3 is 6.09 Å². The van der Waals surface area contributed by atoms with E-state index in [9.17, 15) is 9.59 Å². The number of ketones is 1. The third-order valence-corrected chi connectivity index (χ3v) is 3.05. The van der Waals surface area contributed by atoms with Crippen LogP contribution in [0.4, 0.5) is 4.79 Å². The lowest BCUT2D eigenvalue weighted by Crippen LogP contribution is -2.42. The van der Waals surface area contributed by atoms with Crippen LogP contribution in [0, 0.1) is 0 Å². The van der Waals surface area contributed by atoms with E-state index in [4.69, 9.17) is 9.47 Å². The molecular weight excluding hydrogens is 278 g/mol. The number of hydrogen-bond acceptors (Lipinski definition) is 5. The first-order valence-electron chi connectivity index (χ1n) is 6.35. The van der Waals surface area contributed by atoms with Gasteiger partial charge in [-0.3, -0.25) is 4.79 Å². The van der Waals surface area contributed by atoms with Gasteiger partial charge in [-0.15, -0.1) is 0 Å². The van der Waals surface area contributed by atoms with Gasteiger partial charge in [0.2, 0.25) is 0 Å². The zero-order valence-corrected chi connectivity index (χ0v) is 13.1. The van der Waals surface area contributed by atoms with Crippen LogP contribution < -0.4 is 5.32 Å². The van der Waals surface area contributed by atoms with E-state index >= 15 is 0 Å². The maximum absolute atomic E-state index is 12.0. The third-order valence-electron chi connectivity index (χ3n) is 2.36. The van der Waals surface area contributed by atoms with Crippen LogP contribution in [0.2, 0.25) is 0 Å². The Bertz CT molecular complexity index is 437. The van der Waals surface area contributed by atoms with E-state index in [-0.39, 0.29) is 18.8 Å². The Labute approximate surface area is 123 Å². The Hall–Kier alpha value is -1.40. The summed E-state index contributed by atoms with van der Waals surface area (Å²) in [4.78, 5) is 23.7. The molecule has 0 spiro atoms. The number of ether oxygens (including phenoxy) is 2. The van der Waals surface area contributed by atoms with Gasteiger partial charge in [0.1, 0.15) is 5.60 Å². The van der Waals surface area contributed by atoms with Crippen LogP contribution in [-0.2, 0) is 9.47 Å². The summed E-state index contributed by atoms with van der Waals surface area (Å²) in [5.74, 6) is -0.0237. The lowest BCUT2D eigenvalue weighted by atomic mass is 10.1. The number of thiophene rings is 1. The second-order valence-corrected chi connectivity index (χ2v) is 6.22. The van der Waals surface area contributed by atoms with Crippen molar-refractivity contribution in [2.24, 2.45) is 0 Å². The zero-order valence-electron chi connectivity index (χ0n) is 12.3. The van der Waals surface area contributed by atoms with Crippen molar-refractivity contribution in [2.75, 3.05) is 13.7 Å². The Balaban J connectivity index is 2.56. The van der Waals surface area contributed by atoms with Crippen LogP contribution in [0.25, 0.3) is 0 Å². The van der Waals surface area contributed by atoms with E-state index in [0.717, 1.165) is 0 Å². The SMILES string of the molecule is COCC(CC(=O)c1ccsc1)NC(=O)OC(C)(C)C. The van der Waals surface area contributed by atoms with Crippen LogP contribution in [-0.4, -0.2) is 37.2 Å². The molecule has 20 heavy (non-hydrogen) atoms. The molecule has 0 saturated heterocycles. The number of carbonyl (C=O) groups excluding carboxylic acids is 2.